The topological polar surface area (TPSA) is 114 Å². The van der Waals surface area contributed by atoms with Crippen molar-refractivity contribution < 1.29 is 27.9 Å². The molecule has 0 aromatic heterocycles. The number of hydrogen-bond donors (Lipinski definition) is 3. The number of carbonyl (C=O) groups is 3. The summed E-state index contributed by atoms with van der Waals surface area (Å²) < 4.78 is 33.3. The van der Waals surface area contributed by atoms with E-state index < -0.39 is 41.1 Å². The van der Waals surface area contributed by atoms with Crippen molar-refractivity contribution in [1.29, 1.82) is 0 Å². The minimum Gasteiger partial charge on any atom is -0.473 e. The molecule has 2 fully saturated rings. The number of benzene rings is 1. The number of anilines is 1. The zero-order valence-electron chi connectivity index (χ0n) is 16.2. The second-order valence-electron chi connectivity index (χ2n) is 7.92. The van der Waals surface area contributed by atoms with Crippen LogP contribution in [0.25, 0.3) is 0 Å². The van der Waals surface area contributed by atoms with Crippen molar-refractivity contribution in [2.75, 3.05) is 18.9 Å². The number of nitrogens with one attached hydrogen (secondary N) is 2. The Kier molecular flexibility index (Phi) is 5.92. The van der Waals surface area contributed by atoms with Gasteiger partial charge in [-0.2, -0.15) is 0 Å². The van der Waals surface area contributed by atoms with E-state index in [0.29, 0.717) is 18.4 Å². The number of nitrogens with zero attached hydrogens (tertiary/aromatic N) is 1. The molecule has 1 saturated heterocycles. The molecular formula is C19H23ClF2N4O4. The number of ether oxygens (including phenoxy) is 1. The Morgan fingerprint density at radius 1 is 1.40 bits per heavy atom. The third kappa shape index (κ3) is 3.81. The Bertz CT molecular complexity index is 898. The number of carbonyl (C=O) groups excluding carboxylic acids is 3. The summed E-state index contributed by atoms with van der Waals surface area (Å²) >= 11 is 0. The summed E-state index contributed by atoms with van der Waals surface area (Å²) in [4.78, 5) is 39.2. The van der Waals surface area contributed by atoms with Gasteiger partial charge in [-0.15, -0.1) is 12.4 Å². The molecule has 0 bridgehead atoms. The Hall–Kier alpha value is -2.46. The second kappa shape index (κ2) is 7.99. The lowest BCUT2D eigenvalue weighted by molar-refractivity contribution is -0.140. The maximum atomic E-state index is 14.0. The Morgan fingerprint density at radius 2 is 2.10 bits per heavy atom. The average molecular weight is 445 g/mol. The predicted octanol–water partition coefficient (Wildman–Crippen LogP) is 0.931. The highest BCUT2D eigenvalue weighted by Crippen LogP contribution is 2.42. The van der Waals surface area contributed by atoms with Crippen LogP contribution >= 0.6 is 12.4 Å². The number of halogens is 3. The molecule has 2 aliphatic heterocycles. The molecule has 1 aromatic rings. The number of likely N-dealkylation sites (tertiary alicyclic amines) is 1. The molecule has 2 heterocycles. The molecule has 4 rings (SSSR count). The van der Waals surface area contributed by atoms with Crippen molar-refractivity contribution in [3.05, 3.63) is 23.8 Å². The van der Waals surface area contributed by atoms with E-state index in [9.17, 15) is 23.2 Å². The zero-order valence-corrected chi connectivity index (χ0v) is 17.1. The van der Waals surface area contributed by atoms with E-state index in [1.54, 1.807) is 7.05 Å². The fourth-order valence-corrected chi connectivity index (χ4v) is 4.06. The minimum absolute atomic E-state index is 0. The van der Waals surface area contributed by atoms with Gasteiger partial charge in [0.2, 0.25) is 17.4 Å². The average Bonchev–Trinajstić information content (AvgIpc) is 3.40. The van der Waals surface area contributed by atoms with Gasteiger partial charge < -0.3 is 26.0 Å². The number of fused-ring (bicyclic) bond motifs is 1. The standard InChI is InChI=1S/C19H22F2N4O4.ClH/c1-23-12(4-9-2-3-9)17(27)25-8-19(7-13(25)16(22)26)18(28)24-15-11(21)5-10(20)6-14(15)29-19;/h5-6,9,12-13,23H,2-4,7-8H2,1H3,(H2,22,26)(H,24,28);1H/t12-,13-,19+;/m0./s1. The van der Waals surface area contributed by atoms with Crippen molar-refractivity contribution in [2.45, 2.75) is 43.4 Å². The first-order valence-electron chi connectivity index (χ1n) is 9.50. The van der Waals surface area contributed by atoms with Crippen LogP contribution < -0.4 is 21.1 Å². The largest absolute Gasteiger partial charge is 0.473 e. The Morgan fingerprint density at radius 3 is 2.70 bits per heavy atom. The first kappa shape index (κ1) is 22.2. The smallest absolute Gasteiger partial charge is 0.270 e. The van der Waals surface area contributed by atoms with Crippen LogP contribution in [0.1, 0.15) is 25.7 Å². The summed E-state index contributed by atoms with van der Waals surface area (Å²) in [6.45, 7) is -0.244. The highest BCUT2D eigenvalue weighted by Gasteiger charge is 2.57. The number of nitrogens with two attached hydrogens (primary N) is 1. The highest BCUT2D eigenvalue weighted by molar-refractivity contribution is 6.03. The van der Waals surface area contributed by atoms with Crippen LogP contribution in [-0.2, 0) is 14.4 Å². The molecule has 1 spiro atoms. The van der Waals surface area contributed by atoms with Gasteiger partial charge in [0.15, 0.2) is 11.6 Å². The van der Waals surface area contributed by atoms with E-state index >= 15 is 0 Å². The lowest BCUT2D eigenvalue weighted by atomic mass is 9.96. The summed E-state index contributed by atoms with van der Waals surface area (Å²) in [5.41, 5.74) is 3.57. The summed E-state index contributed by atoms with van der Waals surface area (Å²) in [6.07, 6.45) is 2.52. The van der Waals surface area contributed by atoms with Crippen LogP contribution in [-0.4, -0.2) is 53.9 Å². The van der Waals surface area contributed by atoms with Crippen LogP contribution in [0.4, 0.5) is 14.5 Å². The van der Waals surface area contributed by atoms with E-state index in [-0.39, 0.29) is 42.7 Å². The van der Waals surface area contributed by atoms with Gasteiger partial charge in [0.05, 0.1) is 12.6 Å². The van der Waals surface area contributed by atoms with Gasteiger partial charge in [-0.3, -0.25) is 14.4 Å². The molecule has 30 heavy (non-hydrogen) atoms. The third-order valence-corrected chi connectivity index (χ3v) is 5.83. The number of likely N-dealkylation sites (N-methyl/N-ethyl adjacent to an activating group) is 1. The molecule has 0 unspecified atom stereocenters. The fourth-order valence-electron chi connectivity index (χ4n) is 4.06. The first-order chi connectivity index (χ1) is 13.7. The molecule has 3 amide bonds. The molecule has 1 aromatic carbocycles. The van der Waals surface area contributed by atoms with Crippen LogP contribution in [0.5, 0.6) is 5.75 Å². The maximum absolute atomic E-state index is 14.0. The van der Waals surface area contributed by atoms with Gasteiger partial charge in [0, 0.05) is 18.6 Å². The molecule has 1 saturated carbocycles. The normalized spacial score (nSPS) is 25.8. The van der Waals surface area contributed by atoms with Gasteiger partial charge in [-0.05, 0) is 19.4 Å². The van der Waals surface area contributed by atoms with Gasteiger partial charge >= 0.3 is 0 Å². The van der Waals surface area contributed by atoms with Gasteiger partial charge in [-0.25, -0.2) is 8.78 Å². The lowest BCUT2D eigenvalue weighted by Gasteiger charge is -2.34. The fraction of sp³-hybridized carbons (Fsp3) is 0.526. The number of primary amides is 1. The molecule has 0 radical (unpaired) electrons. The number of hydrogen-bond acceptors (Lipinski definition) is 5. The summed E-state index contributed by atoms with van der Waals surface area (Å²) in [6, 6.07) is -0.00375. The molecule has 3 atom stereocenters. The summed E-state index contributed by atoms with van der Waals surface area (Å²) in [5, 5.41) is 5.34. The van der Waals surface area contributed by atoms with Crippen molar-refractivity contribution in [3.8, 4) is 5.75 Å². The quantitative estimate of drug-likeness (QED) is 0.625. The molecule has 4 N–H and O–H groups in total. The Balaban J connectivity index is 0.00000256. The number of rotatable bonds is 5. The highest BCUT2D eigenvalue weighted by atomic mass is 35.5. The Labute approximate surface area is 177 Å². The molecular weight excluding hydrogens is 422 g/mol. The molecule has 164 valence electrons. The lowest BCUT2D eigenvalue weighted by Crippen LogP contribution is -2.55. The summed E-state index contributed by atoms with van der Waals surface area (Å²) in [5.74, 6) is -3.42. The molecule has 11 heteroatoms. The van der Waals surface area contributed by atoms with Crippen molar-refractivity contribution >= 4 is 35.8 Å². The van der Waals surface area contributed by atoms with E-state index in [1.807, 2.05) is 0 Å². The predicted molar refractivity (Wildman–Crippen MR) is 105 cm³/mol. The van der Waals surface area contributed by atoms with Crippen LogP contribution in [0.2, 0.25) is 0 Å². The van der Waals surface area contributed by atoms with Gasteiger partial charge in [-0.1, -0.05) is 12.8 Å². The minimum atomic E-state index is -1.65. The van der Waals surface area contributed by atoms with Crippen molar-refractivity contribution in [1.82, 2.24) is 10.2 Å². The van der Waals surface area contributed by atoms with Crippen LogP contribution in [0.15, 0.2) is 12.1 Å². The number of amides is 3. The van der Waals surface area contributed by atoms with Crippen molar-refractivity contribution in [2.24, 2.45) is 11.7 Å². The van der Waals surface area contributed by atoms with E-state index in [2.05, 4.69) is 10.6 Å². The van der Waals surface area contributed by atoms with Gasteiger partial charge in [0.1, 0.15) is 17.5 Å². The van der Waals surface area contributed by atoms with E-state index in [4.69, 9.17) is 10.5 Å². The SMILES string of the molecule is CN[C@@H](CC1CC1)C(=O)N1C[C@@]2(C[C@H]1C(N)=O)Oc1cc(F)cc(F)c1NC2=O.Cl. The van der Waals surface area contributed by atoms with Gasteiger partial charge in [0.25, 0.3) is 5.91 Å². The monoisotopic (exact) mass is 444 g/mol. The second-order valence-corrected chi connectivity index (χ2v) is 7.92. The summed E-state index contributed by atoms with van der Waals surface area (Å²) in [7, 11) is 1.65. The maximum Gasteiger partial charge on any atom is 0.270 e. The van der Waals surface area contributed by atoms with E-state index in [1.165, 1.54) is 4.90 Å². The van der Waals surface area contributed by atoms with Crippen LogP contribution in [0.3, 0.4) is 0 Å². The van der Waals surface area contributed by atoms with E-state index in [0.717, 1.165) is 18.9 Å². The first-order valence-corrected chi connectivity index (χ1v) is 9.50. The third-order valence-electron chi connectivity index (χ3n) is 5.83. The molecule has 1 aliphatic carbocycles. The van der Waals surface area contributed by atoms with Crippen LogP contribution in [0, 0.1) is 17.6 Å². The van der Waals surface area contributed by atoms with Crippen molar-refractivity contribution in [3.63, 3.8) is 0 Å². The zero-order chi connectivity index (χ0) is 20.9. The molecule has 8 nitrogen and oxygen atoms in total. The molecule has 3 aliphatic rings.